The molecule has 21 heavy (non-hydrogen) atoms. The summed E-state index contributed by atoms with van der Waals surface area (Å²) in [5.41, 5.74) is -0.0567. The van der Waals surface area contributed by atoms with Crippen molar-refractivity contribution in [3.05, 3.63) is 17.5 Å². The molecule has 1 spiro atoms. The molecule has 2 amide bonds. The zero-order chi connectivity index (χ0) is 14.9. The van der Waals surface area contributed by atoms with Gasteiger partial charge in [0, 0.05) is 13.0 Å². The van der Waals surface area contributed by atoms with Crippen LogP contribution in [-0.4, -0.2) is 47.3 Å². The van der Waals surface area contributed by atoms with E-state index in [1.165, 1.54) is 6.20 Å². The minimum atomic E-state index is -0.576. The zero-order valence-electron chi connectivity index (χ0n) is 12.1. The Hall–Kier alpha value is -2.05. The van der Waals surface area contributed by atoms with Crippen LogP contribution in [0.5, 0.6) is 0 Å². The molecule has 2 saturated heterocycles. The van der Waals surface area contributed by atoms with Gasteiger partial charge in [-0.1, -0.05) is 12.1 Å². The fraction of sp³-hybridized carbons (Fsp3) is 0.643. The SMILES string of the molecule is CCCc1oncc1C(=O)N1CCCC2(CNC(=O)O2)C1. The minimum Gasteiger partial charge on any atom is -0.439 e. The molecule has 1 aromatic heterocycles. The van der Waals surface area contributed by atoms with Crippen molar-refractivity contribution < 1.29 is 18.8 Å². The van der Waals surface area contributed by atoms with Crippen molar-refractivity contribution in [2.45, 2.75) is 38.2 Å². The van der Waals surface area contributed by atoms with Crippen molar-refractivity contribution in [2.75, 3.05) is 19.6 Å². The van der Waals surface area contributed by atoms with E-state index in [0.717, 1.165) is 19.3 Å². The van der Waals surface area contributed by atoms with Crippen molar-refractivity contribution in [3.8, 4) is 0 Å². The van der Waals surface area contributed by atoms with Gasteiger partial charge in [0.1, 0.15) is 16.9 Å². The van der Waals surface area contributed by atoms with E-state index in [9.17, 15) is 9.59 Å². The number of rotatable bonds is 3. The number of alkyl carbamates (subject to hydrolysis) is 1. The molecule has 1 aromatic rings. The molecule has 0 aliphatic carbocycles. The maximum Gasteiger partial charge on any atom is 0.407 e. The Labute approximate surface area is 122 Å². The van der Waals surface area contributed by atoms with Crippen LogP contribution < -0.4 is 5.32 Å². The summed E-state index contributed by atoms with van der Waals surface area (Å²) in [5, 5.41) is 6.41. The third kappa shape index (κ3) is 2.59. The van der Waals surface area contributed by atoms with E-state index in [0.29, 0.717) is 37.4 Å². The highest BCUT2D eigenvalue weighted by atomic mass is 16.6. The van der Waals surface area contributed by atoms with Gasteiger partial charge in [0.25, 0.3) is 5.91 Å². The van der Waals surface area contributed by atoms with Crippen LogP contribution in [0.15, 0.2) is 10.7 Å². The summed E-state index contributed by atoms with van der Waals surface area (Å²) in [5.74, 6) is 0.533. The number of carbonyl (C=O) groups is 2. The van der Waals surface area contributed by atoms with E-state index in [-0.39, 0.29) is 5.91 Å². The van der Waals surface area contributed by atoms with E-state index in [1.54, 1.807) is 4.90 Å². The molecule has 1 atom stereocenters. The second-order valence-corrected chi connectivity index (χ2v) is 5.67. The highest BCUT2D eigenvalue weighted by Gasteiger charge is 2.45. The van der Waals surface area contributed by atoms with Crippen LogP contribution in [0.1, 0.15) is 42.3 Å². The smallest absolute Gasteiger partial charge is 0.407 e. The third-order valence-corrected chi connectivity index (χ3v) is 4.04. The number of hydrogen-bond acceptors (Lipinski definition) is 5. The highest BCUT2D eigenvalue weighted by molar-refractivity contribution is 5.95. The molecule has 0 aromatic carbocycles. The lowest BCUT2D eigenvalue weighted by Gasteiger charge is -2.38. The maximum absolute atomic E-state index is 12.6. The lowest BCUT2D eigenvalue weighted by Crippen LogP contribution is -2.52. The van der Waals surface area contributed by atoms with Gasteiger partial charge >= 0.3 is 6.09 Å². The summed E-state index contributed by atoms with van der Waals surface area (Å²) in [6, 6.07) is 0. The first kappa shape index (κ1) is 13.9. The van der Waals surface area contributed by atoms with Crippen LogP contribution in [0, 0.1) is 0 Å². The fourth-order valence-corrected chi connectivity index (χ4v) is 3.02. The van der Waals surface area contributed by atoms with Crippen molar-refractivity contribution in [1.29, 1.82) is 0 Å². The molecule has 7 nitrogen and oxygen atoms in total. The summed E-state index contributed by atoms with van der Waals surface area (Å²) in [4.78, 5) is 25.7. The molecular formula is C14H19N3O4. The molecule has 2 fully saturated rings. The molecule has 7 heteroatoms. The minimum absolute atomic E-state index is 0.0956. The predicted octanol–water partition coefficient (Wildman–Crippen LogP) is 1.34. The Bertz CT molecular complexity index is 556. The summed E-state index contributed by atoms with van der Waals surface area (Å²) in [6.07, 6.45) is 4.25. The maximum atomic E-state index is 12.6. The second kappa shape index (κ2) is 5.38. The molecule has 0 radical (unpaired) electrons. The number of nitrogens with zero attached hydrogens (tertiary/aromatic N) is 2. The summed E-state index contributed by atoms with van der Waals surface area (Å²) < 4.78 is 10.5. The first-order valence-corrected chi connectivity index (χ1v) is 7.33. The van der Waals surface area contributed by atoms with Gasteiger partial charge in [0.05, 0.1) is 19.3 Å². The number of likely N-dealkylation sites (tertiary alicyclic amines) is 1. The molecule has 1 N–H and O–H groups in total. The number of piperidine rings is 1. The number of aryl methyl sites for hydroxylation is 1. The molecule has 2 aliphatic heterocycles. The Kier molecular flexibility index (Phi) is 3.57. The van der Waals surface area contributed by atoms with E-state index in [1.807, 2.05) is 6.92 Å². The van der Waals surface area contributed by atoms with Gasteiger partial charge in [-0.05, 0) is 19.3 Å². The number of hydrogen-bond donors (Lipinski definition) is 1. The zero-order valence-corrected chi connectivity index (χ0v) is 12.1. The van der Waals surface area contributed by atoms with Gasteiger partial charge in [-0.15, -0.1) is 0 Å². The molecule has 0 bridgehead atoms. The van der Waals surface area contributed by atoms with Crippen LogP contribution in [0.2, 0.25) is 0 Å². The van der Waals surface area contributed by atoms with Crippen LogP contribution >= 0.6 is 0 Å². The average molecular weight is 293 g/mol. The van der Waals surface area contributed by atoms with Gasteiger partial charge in [0.2, 0.25) is 0 Å². The standard InChI is InChI=1S/C14H19N3O4/c1-2-4-11-10(7-16-21-11)12(18)17-6-3-5-14(9-17)8-15-13(19)20-14/h7H,2-6,8-9H2,1H3,(H,15,19). The Morgan fingerprint density at radius 2 is 2.43 bits per heavy atom. The molecular weight excluding hydrogens is 274 g/mol. The summed E-state index contributed by atoms with van der Waals surface area (Å²) >= 11 is 0. The monoisotopic (exact) mass is 293 g/mol. The van der Waals surface area contributed by atoms with Crippen LogP contribution in [0.4, 0.5) is 4.79 Å². The normalized spacial score (nSPS) is 25.0. The largest absolute Gasteiger partial charge is 0.439 e. The molecule has 2 aliphatic rings. The fourth-order valence-electron chi connectivity index (χ4n) is 3.02. The van der Waals surface area contributed by atoms with Crippen LogP contribution in [-0.2, 0) is 11.2 Å². The van der Waals surface area contributed by atoms with Crippen molar-refractivity contribution in [3.63, 3.8) is 0 Å². The molecule has 3 heterocycles. The average Bonchev–Trinajstić information content (AvgIpc) is 3.06. The molecule has 1 unspecified atom stereocenters. The lowest BCUT2D eigenvalue weighted by atomic mass is 9.92. The van der Waals surface area contributed by atoms with E-state index in [2.05, 4.69) is 10.5 Å². The number of nitrogens with one attached hydrogen (secondary N) is 1. The molecule has 0 saturated carbocycles. The van der Waals surface area contributed by atoms with Crippen molar-refractivity contribution in [2.24, 2.45) is 0 Å². The first-order chi connectivity index (χ1) is 10.1. The van der Waals surface area contributed by atoms with Crippen LogP contribution in [0.3, 0.4) is 0 Å². The van der Waals surface area contributed by atoms with Gasteiger partial charge in [-0.2, -0.15) is 0 Å². The first-order valence-electron chi connectivity index (χ1n) is 7.33. The third-order valence-electron chi connectivity index (χ3n) is 4.04. The predicted molar refractivity (Wildman–Crippen MR) is 72.9 cm³/mol. The molecule has 114 valence electrons. The van der Waals surface area contributed by atoms with Crippen LogP contribution in [0.25, 0.3) is 0 Å². The van der Waals surface area contributed by atoms with Gasteiger partial charge < -0.3 is 19.5 Å². The number of aromatic nitrogens is 1. The topological polar surface area (TPSA) is 84.7 Å². The van der Waals surface area contributed by atoms with Crippen molar-refractivity contribution in [1.82, 2.24) is 15.4 Å². The number of carbonyl (C=O) groups excluding carboxylic acids is 2. The van der Waals surface area contributed by atoms with E-state index in [4.69, 9.17) is 9.26 Å². The van der Waals surface area contributed by atoms with Gasteiger partial charge in [-0.25, -0.2) is 4.79 Å². The van der Waals surface area contributed by atoms with Crippen molar-refractivity contribution >= 4 is 12.0 Å². The number of ether oxygens (including phenoxy) is 1. The summed E-state index contributed by atoms with van der Waals surface area (Å²) in [7, 11) is 0. The number of amides is 2. The Balaban J connectivity index is 1.75. The lowest BCUT2D eigenvalue weighted by molar-refractivity contribution is -0.00512. The van der Waals surface area contributed by atoms with E-state index < -0.39 is 11.7 Å². The quantitative estimate of drug-likeness (QED) is 0.909. The highest BCUT2D eigenvalue weighted by Crippen LogP contribution is 2.29. The Morgan fingerprint density at radius 3 is 3.14 bits per heavy atom. The molecule has 3 rings (SSSR count). The van der Waals surface area contributed by atoms with Gasteiger partial charge in [0.15, 0.2) is 0 Å². The van der Waals surface area contributed by atoms with E-state index >= 15 is 0 Å². The summed E-state index contributed by atoms with van der Waals surface area (Å²) in [6.45, 7) is 3.56. The second-order valence-electron chi connectivity index (χ2n) is 5.67. The van der Waals surface area contributed by atoms with Gasteiger partial charge in [-0.3, -0.25) is 4.79 Å². The Morgan fingerprint density at radius 1 is 1.57 bits per heavy atom.